The summed E-state index contributed by atoms with van der Waals surface area (Å²) in [6, 6.07) is 16.8. The second-order valence-electron chi connectivity index (χ2n) is 8.27. The van der Waals surface area contributed by atoms with Crippen LogP contribution in [0.4, 0.5) is 0 Å². The first-order valence-electron chi connectivity index (χ1n) is 10.8. The van der Waals surface area contributed by atoms with Crippen molar-refractivity contribution in [2.45, 2.75) is 26.9 Å². The lowest BCUT2D eigenvalue weighted by Gasteiger charge is -2.18. The van der Waals surface area contributed by atoms with E-state index >= 15 is 0 Å². The molecule has 2 aromatic heterocycles. The van der Waals surface area contributed by atoms with Crippen molar-refractivity contribution in [1.29, 1.82) is 0 Å². The summed E-state index contributed by atoms with van der Waals surface area (Å²) < 4.78 is 8.76. The number of fused-ring (bicyclic) bond motifs is 1. The maximum absolute atomic E-state index is 13.2. The zero-order valence-corrected chi connectivity index (χ0v) is 18.8. The molecule has 33 heavy (non-hydrogen) atoms. The van der Waals surface area contributed by atoms with Crippen molar-refractivity contribution in [1.82, 2.24) is 19.2 Å². The van der Waals surface area contributed by atoms with E-state index in [2.05, 4.69) is 32.0 Å². The number of hydrogen-bond donors (Lipinski definition) is 0. The Hall–Kier alpha value is -4.13. The van der Waals surface area contributed by atoms with Gasteiger partial charge in [-0.3, -0.25) is 4.79 Å². The van der Waals surface area contributed by atoms with E-state index in [-0.39, 0.29) is 5.91 Å². The van der Waals surface area contributed by atoms with Crippen LogP contribution in [0, 0.1) is 13.8 Å². The second kappa shape index (κ2) is 8.09. The van der Waals surface area contributed by atoms with Gasteiger partial charge in [-0.05, 0) is 61.9 Å². The zero-order valence-electron chi connectivity index (χ0n) is 18.8. The fourth-order valence-electron chi connectivity index (χ4n) is 4.35. The first-order chi connectivity index (χ1) is 16.0. The largest absolute Gasteiger partial charge is 0.465 e. The number of carbonyl (C=O) groups is 2. The highest BCUT2D eigenvalue weighted by molar-refractivity contribution is 5.96. The number of nitrogens with zero attached hydrogens (tertiary/aromatic N) is 4. The van der Waals surface area contributed by atoms with Gasteiger partial charge in [-0.25, -0.2) is 9.48 Å². The van der Waals surface area contributed by atoms with Crippen LogP contribution in [-0.2, 0) is 17.8 Å². The summed E-state index contributed by atoms with van der Waals surface area (Å²) in [7, 11) is 1.34. The van der Waals surface area contributed by atoms with E-state index in [9.17, 15) is 9.59 Å². The molecule has 0 radical (unpaired) electrons. The van der Waals surface area contributed by atoms with Crippen molar-refractivity contribution in [3.63, 3.8) is 0 Å². The quantitative estimate of drug-likeness (QED) is 0.446. The Balaban J connectivity index is 1.49. The summed E-state index contributed by atoms with van der Waals surface area (Å²) in [5.74, 6) is 0.423. The normalized spacial score (nSPS) is 12.6. The smallest absolute Gasteiger partial charge is 0.337 e. The lowest BCUT2D eigenvalue weighted by atomic mass is 10.1. The van der Waals surface area contributed by atoms with E-state index in [1.807, 2.05) is 33.8 Å². The molecule has 1 aliphatic heterocycles. The minimum atomic E-state index is -0.424. The molecule has 0 spiro atoms. The van der Waals surface area contributed by atoms with Crippen LogP contribution in [0.5, 0.6) is 0 Å². The van der Waals surface area contributed by atoms with Gasteiger partial charge in [-0.15, -0.1) is 0 Å². The SMILES string of the molecule is COC(=O)c1ccc(C(=O)N2Cc3nn(-c4ccc(C)cc4C)c(-n4cccc4)c3C2)cc1. The molecule has 166 valence electrons. The number of aromatic nitrogens is 3. The minimum Gasteiger partial charge on any atom is -0.465 e. The third-order valence-corrected chi connectivity index (χ3v) is 6.00. The average Bonchev–Trinajstić information content (AvgIpc) is 3.54. The Kier molecular flexibility index (Phi) is 5.09. The Labute approximate surface area is 191 Å². The van der Waals surface area contributed by atoms with Crippen molar-refractivity contribution >= 4 is 11.9 Å². The van der Waals surface area contributed by atoms with E-state index < -0.39 is 5.97 Å². The number of rotatable bonds is 4. The predicted octanol–water partition coefficient (Wildman–Crippen LogP) is 4.22. The van der Waals surface area contributed by atoms with Gasteiger partial charge in [0.2, 0.25) is 0 Å². The number of amides is 1. The Bertz CT molecular complexity index is 1350. The van der Waals surface area contributed by atoms with Crippen molar-refractivity contribution < 1.29 is 14.3 Å². The molecule has 0 N–H and O–H groups in total. The summed E-state index contributed by atoms with van der Waals surface area (Å²) in [5, 5.41) is 4.92. The van der Waals surface area contributed by atoms with Gasteiger partial charge in [0.25, 0.3) is 5.91 Å². The van der Waals surface area contributed by atoms with Crippen molar-refractivity contribution in [3.8, 4) is 11.5 Å². The first-order valence-corrected chi connectivity index (χ1v) is 10.8. The molecule has 7 heteroatoms. The molecule has 1 amide bonds. The number of benzene rings is 2. The van der Waals surface area contributed by atoms with Crippen LogP contribution in [0.25, 0.3) is 11.5 Å². The van der Waals surface area contributed by atoms with Gasteiger partial charge in [0, 0.05) is 23.5 Å². The van der Waals surface area contributed by atoms with Crippen LogP contribution >= 0.6 is 0 Å². The van der Waals surface area contributed by atoms with Crippen LogP contribution in [0.2, 0.25) is 0 Å². The van der Waals surface area contributed by atoms with Gasteiger partial charge < -0.3 is 14.2 Å². The second-order valence-corrected chi connectivity index (χ2v) is 8.27. The highest BCUT2D eigenvalue weighted by Gasteiger charge is 2.32. The van der Waals surface area contributed by atoms with Gasteiger partial charge in [0.1, 0.15) is 5.82 Å². The molecule has 0 bridgehead atoms. The fraction of sp³-hybridized carbons (Fsp3) is 0.192. The molecule has 3 heterocycles. The molecule has 0 fully saturated rings. The molecule has 0 unspecified atom stereocenters. The lowest BCUT2D eigenvalue weighted by Crippen LogP contribution is -2.26. The van der Waals surface area contributed by atoms with E-state index in [1.54, 1.807) is 29.2 Å². The Morgan fingerprint density at radius 3 is 2.30 bits per heavy atom. The van der Waals surface area contributed by atoms with Crippen LogP contribution in [0.3, 0.4) is 0 Å². The van der Waals surface area contributed by atoms with E-state index in [0.717, 1.165) is 28.3 Å². The summed E-state index contributed by atoms with van der Waals surface area (Å²) in [5.41, 5.74) is 6.23. The number of carbonyl (C=O) groups excluding carboxylic acids is 2. The van der Waals surface area contributed by atoms with Crippen molar-refractivity contribution in [2.24, 2.45) is 0 Å². The molecule has 7 nitrogen and oxygen atoms in total. The number of hydrogen-bond acceptors (Lipinski definition) is 4. The summed E-state index contributed by atoms with van der Waals surface area (Å²) >= 11 is 0. The van der Waals surface area contributed by atoms with Crippen LogP contribution in [0.15, 0.2) is 67.0 Å². The molecule has 0 aliphatic carbocycles. The van der Waals surface area contributed by atoms with Crippen molar-refractivity contribution in [2.75, 3.05) is 7.11 Å². The average molecular weight is 441 g/mol. The fourth-order valence-corrected chi connectivity index (χ4v) is 4.35. The van der Waals surface area contributed by atoms with E-state index in [0.29, 0.717) is 24.2 Å². The molecular weight excluding hydrogens is 416 g/mol. The number of aryl methyl sites for hydroxylation is 2. The molecule has 2 aromatic carbocycles. The Morgan fingerprint density at radius 1 is 0.939 bits per heavy atom. The highest BCUT2D eigenvalue weighted by atomic mass is 16.5. The third-order valence-electron chi connectivity index (χ3n) is 6.00. The van der Waals surface area contributed by atoms with Crippen molar-refractivity contribution in [3.05, 3.63) is 101 Å². The van der Waals surface area contributed by atoms with E-state index in [4.69, 9.17) is 9.84 Å². The van der Waals surface area contributed by atoms with Crippen LogP contribution in [0.1, 0.15) is 43.1 Å². The molecular formula is C26H24N4O3. The van der Waals surface area contributed by atoms with Gasteiger partial charge in [0.05, 0.1) is 37.1 Å². The summed E-state index contributed by atoms with van der Waals surface area (Å²) in [6.07, 6.45) is 3.99. The van der Waals surface area contributed by atoms with Gasteiger partial charge >= 0.3 is 5.97 Å². The molecule has 1 aliphatic rings. The molecule has 0 saturated heterocycles. The maximum atomic E-state index is 13.2. The lowest BCUT2D eigenvalue weighted by molar-refractivity contribution is 0.0599. The molecule has 0 saturated carbocycles. The first kappa shape index (κ1) is 20.8. The molecule has 4 aromatic rings. The molecule has 0 atom stereocenters. The van der Waals surface area contributed by atoms with Gasteiger partial charge in [-0.2, -0.15) is 5.10 Å². The standard InChI is InChI=1S/C26H24N4O3/c1-17-6-11-23(18(2)14-17)30-24(28-12-4-5-13-28)21-15-29(16-22(21)27-30)25(31)19-7-9-20(10-8-19)26(32)33-3/h4-14H,15-16H2,1-3H3. The number of ether oxygens (including phenoxy) is 1. The molecule has 5 rings (SSSR count). The highest BCUT2D eigenvalue weighted by Crippen LogP contribution is 2.32. The topological polar surface area (TPSA) is 69.4 Å². The van der Waals surface area contributed by atoms with Gasteiger partial charge in [-0.1, -0.05) is 17.7 Å². The van der Waals surface area contributed by atoms with Gasteiger partial charge in [0.15, 0.2) is 0 Å². The minimum absolute atomic E-state index is 0.0964. The maximum Gasteiger partial charge on any atom is 0.337 e. The van der Waals surface area contributed by atoms with E-state index in [1.165, 1.54) is 12.7 Å². The predicted molar refractivity (Wildman–Crippen MR) is 124 cm³/mol. The zero-order chi connectivity index (χ0) is 23.1. The van der Waals surface area contributed by atoms with Crippen LogP contribution < -0.4 is 0 Å². The summed E-state index contributed by atoms with van der Waals surface area (Å²) in [6.45, 7) is 5.06. The van der Waals surface area contributed by atoms with Crippen LogP contribution in [-0.4, -0.2) is 38.2 Å². The third kappa shape index (κ3) is 3.61. The number of methoxy groups -OCH3 is 1. The number of esters is 1. The summed E-state index contributed by atoms with van der Waals surface area (Å²) in [4.78, 5) is 26.6. The Morgan fingerprint density at radius 2 is 1.64 bits per heavy atom. The monoisotopic (exact) mass is 440 g/mol.